The predicted octanol–water partition coefficient (Wildman–Crippen LogP) is 3.90. The number of para-hydroxylation sites is 1. The molecule has 0 spiro atoms. The van der Waals surface area contributed by atoms with Crippen LogP contribution in [0.2, 0.25) is 0 Å². The largest absolute Gasteiger partial charge is 0.496 e. The smallest absolute Gasteiger partial charge is 0.161 e. The molecule has 0 atom stereocenters. The Kier molecular flexibility index (Phi) is 4.51. The average molecular weight is 272 g/mol. The number of benzene rings is 2. The third kappa shape index (κ3) is 3.05. The summed E-state index contributed by atoms with van der Waals surface area (Å²) in [6.45, 7) is 4.56. The molecule has 0 radical (unpaired) electrons. The molecular weight excluding hydrogens is 252 g/mol. The van der Waals surface area contributed by atoms with Crippen LogP contribution in [-0.2, 0) is 6.61 Å². The van der Waals surface area contributed by atoms with Crippen molar-refractivity contribution in [1.82, 2.24) is 0 Å². The Balaban J connectivity index is 2.20. The fraction of sp³-hybridized carbons (Fsp3) is 0.294. The van der Waals surface area contributed by atoms with Gasteiger partial charge in [0.25, 0.3) is 0 Å². The van der Waals surface area contributed by atoms with Crippen LogP contribution in [0.5, 0.6) is 17.2 Å². The minimum atomic E-state index is 0.447. The van der Waals surface area contributed by atoms with Gasteiger partial charge < -0.3 is 14.2 Å². The van der Waals surface area contributed by atoms with E-state index in [0.29, 0.717) is 6.61 Å². The number of rotatable bonds is 5. The van der Waals surface area contributed by atoms with Crippen LogP contribution in [-0.4, -0.2) is 14.2 Å². The third-order valence-corrected chi connectivity index (χ3v) is 3.36. The molecule has 0 aromatic heterocycles. The Hall–Kier alpha value is -2.16. The van der Waals surface area contributed by atoms with Gasteiger partial charge >= 0.3 is 0 Å². The van der Waals surface area contributed by atoms with E-state index in [1.165, 1.54) is 11.1 Å². The van der Waals surface area contributed by atoms with Gasteiger partial charge in [-0.3, -0.25) is 0 Å². The first-order chi connectivity index (χ1) is 9.65. The number of aryl methyl sites for hydroxylation is 2. The maximum Gasteiger partial charge on any atom is 0.161 e. The lowest BCUT2D eigenvalue weighted by molar-refractivity contribution is 0.277. The van der Waals surface area contributed by atoms with E-state index < -0.39 is 0 Å². The zero-order valence-electron chi connectivity index (χ0n) is 12.4. The van der Waals surface area contributed by atoms with Crippen molar-refractivity contribution < 1.29 is 14.2 Å². The molecule has 0 unspecified atom stereocenters. The van der Waals surface area contributed by atoms with Crippen molar-refractivity contribution in [3.63, 3.8) is 0 Å². The highest BCUT2D eigenvalue weighted by Crippen LogP contribution is 2.31. The maximum absolute atomic E-state index is 5.89. The van der Waals surface area contributed by atoms with Crippen LogP contribution in [0.25, 0.3) is 0 Å². The lowest BCUT2D eigenvalue weighted by Gasteiger charge is -2.14. The number of ether oxygens (including phenoxy) is 3. The molecule has 0 saturated carbocycles. The van der Waals surface area contributed by atoms with Gasteiger partial charge in [0.1, 0.15) is 12.4 Å². The van der Waals surface area contributed by atoms with E-state index in [1.807, 2.05) is 36.4 Å². The number of methoxy groups -OCH3 is 2. The summed E-state index contributed by atoms with van der Waals surface area (Å²) in [5.41, 5.74) is 3.38. The second kappa shape index (κ2) is 6.33. The van der Waals surface area contributed by atoms with Crippen molar-refractivity contribution in [2.45, 2.75) is 20.5 Å². The van der Waals surface area contributed by atoms with Gasteiger partial charge in [0.05, 0.1) is 14.2 Å². The van der Waals surface area contributed by atoms with Crippen LogP contribution in [0.4, 0.5) is 0 Å². The summed E-state index contributed by atoms with van der Waals surface area (Å²) in [4.78, 5) is 0. The highest BCUT2D eigenvalue weighted by molar-refractivity contribution is 5.46. The Morgan fingerprint density at radius 1 is 0.800 bits per heavy atom. The lowest BCUT2D eigenvalue weighted by Crippen LogP contribution is -2.00. The van der Waals surface area contributed by atoms with Crippen LogP contribution in [0, 0.1) is 13.8 Å². The first kappa shape index (κ1) is 14.3. The SMILES string of the molecule is COc1ccccc1COc1cc(C)c(C)cc1OC. The van der Waals surface area contributed by atoms with E-state index in [9.17, 15) is 0 Å². The monoisotopic (exact) mass is 272 g/mol. The first-order valence-corrected chi connectivity index (χ1v) is 6.55. The van der Waals surface area contributed by atoms with Crippen molar-refractivity contribution in [1.29, 1.82) is 0 Å². The van der Waals surface area contributed by atoms with Crippen LogP contribution >= 0.6 is 0 Å². The second-order valence-corrected chi connectivity index (χ2v) is 4.69. The fourth-order valence-electron chi connectivity index (χ4n) is 2.01. The van der Waals surface area contributed by atoms with Gasteiger partial charge in [-0.25, -0.2) is 0 Å². The summed E-state index contributed by atoms with van der Waals surface area (Å²) in [6, 6.07) is 11.8. The molecule has 0 bridgehead atoms. The minimum Gasteiger partial charge on any atom is -0.496 e. The molecular formula is C17H20O3. The molecule has 0 saturated heterocycles. The highest BCUT2D eigenvalue weighted by Gasteiger charge is 2.09. The summed E-state index contributed by atoms with van der Waals surface area (Å²) >= 11 is 0. The van der Waals surface area contributed by atoms with E-state index >= 15 is 0 Å². The summed E-state index contributed by atoms with van der Waals surface area (Å²) < 4.78 is 16.6. The number of hydrogen-bond donors (Lipinski definition) is 0. The molecule has 0 heterocycles. The quantitative estimate of drug-likeness (QED) is 0.826. The first-order valence-electron chi connectivity index (χ1n) is 6.55. The summed E-state index contributed by atoms with van der Waals surface area (Å²) in [6.07, 6.45) is 0. The van der Waals surface area contributed by atoms with Crippen LogP contribution in [0.3, 0.4) is 0 Å². The molecule has 0 N–H and O–H groups in total. The van der Waals surface area contributed by atoms with Gasteiger partial charge in [-0.2, -0.15) is 0 Å². The zero-order chi connectivity index (χ0) is 14.5. The van der Waals surface area contributed by atoms with Crippen molar-refractivity contribution in [3.8, 4) is 17.2 Å². The molecule has 0 aliphatic rings. The van der Waals surface area contributed by atoms with Crippen molar-refractivity contribution in [2.75, 3.05) is 14.2 Å². The van der Waals surface area contributed by atoms with E-state index in [1.54, 1.807) is 14.2 Å². The molecule has 0 aliphatic heterocycles. The third-order valence-electron chi connectivity index (χ3n) is 3.36. The van der Waals surface area contributed by atoms with Gasteiger partial charge in [0, 0.05) is 5.56 Å². The molecule has 2 aromatic carbocycles. The number of hydrogen-bond acceptors (Lipinski definition) is 3. The maximum atomic E-state index is 5.89. The fourth-order valence-corrected chi connectivity index (χ4v) is 2.01. The van der Waals surface area contributed by atoms with Crippen LogP contribution in [0.1, 0.15) is 16.7 Å². The molecule has 0 amide bonds. The Labute approximate surface area is 120 Å². The molecule has 3 heteroatoms. The molecule has 2 rings (SSSR count). The van der Waals surface area contributed by atoms with Crippen molar-refractivity contribution >= 4 is 0 Å². The van der Waals surface area contributed by atoms with Crippen molar-refractivity contribution in [3.05, 3.63) is 53.1 Å². The van der Waals surface area contributed by atoms with E-state index in [4.69, 9.17) is 14.2 Å². The topological polar surface area (TPSA) is 27.7 Å². The van der Waals surface area contributed by atoms with E-state index in [0.717, 1.165) is 22.8 Å². The van der Waals surface area contributed by atoms with Crippen molar-refractivity contribution in [2.24, 2.45) is 0 Å². The van der Waals surface area contributed by atoms with Gasteiger partial charge in [-0.05, 0) is 43.2 Å². The predicted molar refractivity (Wildman–Crippen MR) is 79.8 cm³/mol. The standard InChI is InChI=1S/C17H20O3/c1-12-9-16(19-4)17(10-13(12)2)20-11-14-7-5-6-8-15(14)18-3/h5-10H,11H2,1-4H3. The Morgan fingerprint density at radius 3 is 2.05 bits per heavy atom. The van der Waals surface area contributed by atoms with E-state index in [2.05, 4.69) is 13.8 Å². The van der Waals surface area contributed by atoms with E-state index in [-0.39, 0.29) is 0 Å². The highest BCUT2D eigenvalue weighted by atomic mass is 16.5. The lowest BCUT2D eigenvalue weighted by atomic mass is 10.1. The average Bonchev–Trinajstić information content (AvgIpc) is 2.48. The van der Waals surface area contributed by atoms with Gasteiger partial charge in [0.15, 0.2) is 11.5 Å². The molecule has 2 aromatic rings. The normalized spacial score (nSPS) is 10.2. The second-order valence-electron chi connectivity index (χ2n) is 4.69. The molecule has 3 nitrogen and oxygen atoms in total. The molecule has 20 heavy (non-hydrogen) atoms. The minimum absolute atomic E-state index is 0.447. The summed E-state index contributed by atoms with van der Waals surface area (Å²) in [5.74, 6) is 2.33. The van der Waals surface area contributed by atoms with Crippen LogP contribution in [0.15, 0.2) is 36.4 Å². The van der Waals surface area contributed by atoms with Gasteiger partial charge in [-0.1, -0.05) is 18.2 Å². The summed E-state index contributed by atoms with van der Waals surface area (Å²) in [7, 11) is 3.31. The molecule has 0 aliphatic carbocycles. The van der Waals surface area contributed by atoms with Gasteiger partial charge in [-0.15, -0.1) is 0 Å². The molecule has 0 fully saturated rings. The van der Waals surface area contributed by atoms with Gasteiger partial charge in [0.2, 0.25) is 0 Å². The Morgan fingerprint density at radius 2 is 1.40 bits per heavy atom. The summed E-state index contributed by atoms with van der Waals surface area (Å²) in [5, 5.41) is 0. The Bertz CT molecular complexity index is 591. The molecule has 106 valence electrons. The van der Waals surface area contributed by atoms with Crippen LogP contribution < -0.4 is 14.2 Å². The zero-order valence-corrected chi connectivity index (χ0v) is 12.4.